The lowest BCUT2D eigenvalue weighted by molar-refractivity contribution is -0.00915. The van der Waals surface area contributed by atoms with E-state index >= 15 is 0 Å². The van der Waals surface area contributed by atoms with E-state index in [9.17, 15) is 0 Å². The number of thiophene rings is 1. The molecule has 0 amide bonds. The second-order valence-corrected chi connectivity index (χ2v) is 6.33. The Balaban J connectivity index is 2.10. The summed E-state index contributed by atoms with van der Waals surface area (Å²) in [5, 5.41) is 2.79. The van der Waals surface area contributed by atoms with E-state index in [1.165, 1.54) is 32.1 Å². The molecule has 1 aromatic heterocycles. The molecule has 2 nitrogen and oxygen atoms in total. The molecule has 1 aromatic rings. The highest BCUT2D eigenvalue weighted by Gasteiger charge is 2.31. The van der Waals surface area contributed by atoms with Crippen LogP contribution >= 0.6 is 22.9 Å². The van der Waals surface area contributed by atoms with Crippen molar-refractivity contribution >= 4 is 22.9 Å². The molecule has 2 N–H and O–H groups in total. The highest BCUT2D eigenvalue weighted by Crippen LogP contribution is 2.37. The molecular weight excluding hydrogens is 266 g/mol. The second kappa shape index (κ2) is 6.90. The van der Waals surface area contributed by atoms with Crippen LogP contribution in [0.2, 0.25) is 5.02 Å². The van der Waals surface area contributed by atoms with E-state index in [0.29, 0.717) is 5.92 Å². The smallest absolute Gasteiger partial charge is 0.0804 e. The van der Waals surface area contributed by atoms with Gasteiger partial charge in [0.25, 0.3) is 0 Å². The summed E-state index contributed by atoms with van der Waals surface area (Å²) in [6.45, 7) is 2.76. The van der Waals surface area contributed by atoms with E-state index in [-0.39, 0.29) is 12.1 Å². The molecule has 0 bridgehead atoms. The molecule has 0 aliphatic heterocycles. The average molecular weight is 288 g/mol. The summed E-state index contributed by atoms with van der Waals surface area (Å²) in [4.78, 5) is 1.07. The van der Waals surface area contributed by atoms with Gasteiger partial charge in [-0.25, -0.2) is 0 Å². The Morgan fingerprint density at radius 1 is 1.44 bits per heavy atom. The first-order valence-electron chi connectivity index (χ1n) is 6.84. The molecule has 1 aliphatic rings. The topological polar surface area (TPSA) is 35.2 Å². The van der Waals surface area contributed by atoms with Gasteiger partial charge in [0.05, 0.1) is 17.2 Å². The summed E-state index contributed by atoms with van der Waals surface area (Å²) < 4.78 is 5.95. The van der Waals surface area contributed by atoms with Gasteiger partial charge in [-0.3, -0.25) is 0 Å². The van der Waals surface area contributed by atoms with Gasteiger partial charge < -0.3 is 10.5 Å². The summed E-state index contributed by atoms with van der Waals surface area (Å²) in [6.07, 6.45) is 6.55. The molecular formula is C14H22ClNOS. The van der Waals surface area contributed by atoms with Crippen LogP contribution in [0.4, 0.5) is 0 Å². The third-order valence-electron chi connectivity index (χ3n) is 3.78. The quantitative estimate of drug-likeness (QED) is 0.872. The molecule has 1 fully saturated rings. The van der Waals surface area contributed by atoms with E-state index in [0.717, 1.165) is 16.5 Å². The van der Waals surface area contributed by atoms with Gasteiger partial charge in [0.15, 0.2) is 0 Å². The van der Waals surface area contributed by atoms with Crippen molar-refractivity contribution in [1.29, 1.82) is 0 Å². The molecule has 1 saturated carbocycles. The number of nitrogens with two attached hydrogens (primary N) is 1. The molecule has 2 atom stereocenters. The predicted octanol–water partition coefficient (Wildman–Crippen LogP) is 4.39. The average Bonchev–Trinajstić information content (AvgIpc) is 2.82. The van der Waals surface area contributed by atoms with Crippen LogP contribution in [0.15, 0.2) is 11.4 Å². The molecule has 0 spiro atoms. The normalized spacial score (nSPS) is 20.8. The zero-order valence-electron chi connectivity index (χ0n) is 10.9. The lowest BCUT2D eigenvalue weighted by Crippen LogP contribution is -2.36. The Morgan fingerprint density at radius 3 is 2.72 bits per heavy atom. The molecule has 0 saturated heterocycles. The molecule has 2 rings (SSSR count). The zero-order valence-corrected chi connectivity index (χ0v) is 12.5. The minimum absolute atomic E-state index is 0.0828. The van der Waals surface area contributed by atoms with Crippen molar-refractivity contribution in [3.05, 3.63) is 21.3 Å². The van der Waals surface area contributed by atoms with Crippen LogP contribution in [0, 0.1) is 5.92 Å². The summed E-state index contributed by atoms with van der Waals surface area (Å²) in [6, 6.07) is 1.84. The van der Waals surface area contributed by atoms with Crippen molar-refractivity contribution in [1.82, 2.24) is 0 Å². The van der Waals surface area contributed by atoms with Crippen LogP contribution in [0.5, 0.6) is 0 Å². The highest BCUT2D eigenvalue weighted by atomic mass is 35.5. The fourth-order valence-electron chi connectivity index (χ4n) is 2.88. The van der Waals surface area contributed by atoms with Gasteiger partial charge in [-0.05, 0) is 37.1 Å². The number of ether oxygens (including phenoxy) is 1. The van der Waals surface area contributed by atoms with E-state index in [4.69, 9.17) is 22.1 Å². The van der Waals surface area contributed by atoms with Crippen LogP contribution in [0.25, 0.3) is 0 Å². The minimum atomic E-state index is -0.0828. The van der Waals surface area contributed by atoms with Crippen molar-refractivity contribution < 1.29 is 4.74 Å². The number of hydrogen-bond acceptors (Lipinski definition) is 3. The number of halogens is 1. The lowest BCUT2D eigenvalue weighted by atomic mass is 9.82. The van der Waals surface area contributed by atoms with Crippen molar-refractivity contribution in [3.8, 4) is 0 Å². The van der Waals surface area contributed by atoms with E-state index in [1.54, 1.807) is 11.3 Å². The maximum Gasteiger partial charge on any atom is 0.0804 e. The zero-order chi connectivity index (χ0) is 13.0. The van der Waals surface area contributed by atoms with Gasteiger partial charge in [-0.15, -0.1) is 11.3 Å². The molecule has 2 unspecified atom stereocenters. The highest BCUT2D eigenvalue weighted by molar-refractivity contribution is 7.10. The summed E-state index contributed by atoms with van der Waals surface area (Å²) in [5.41, 5.74) is 6.40. The fourth-order valence-corrected chi connectivity index (χ4v) is 4.10. The van der Waals surface area contributed by atoms with E-state index in [2.05, 4.69) is 0 Å². The molecule has 102 valence electrons. The minimum Gasteiger partial charge on any atom is -0.376 e. The summed E-state index contributed by atoms with van der Waals surface area (Å²) >= 11 is 7.83. The van der Waals surface area contributed by atoms with Crippen molar-refractivity contribution in [2.45, 2.75) is 51.2 Å². The van der Waals surface area contributed by atoms with Gasteiger partial charge in [0, 0.05) is 11.5 Å². The molecule has 18 heavy (non-hydrogen) atoms. The van der Waals surface area contributed by atoms with Crippen LogP contribution in [0.3, 0.4) is 0 Å². The third kappa shape index (κ3) is 3.27. The Labute approximate surface area is 118 Å². The predicted molar refractivity (Wildman–Crippen MR) is 78.2 cm³/mol. The first-order valence-corrected chi connectivity index (χ1v) is 8.10. The van der Waals surface area contributed by atoms with Crippen LogP contribution < -0.4 is 5.73 Å². The monoisotopic (exact) mass is 287 g/mol. The molecule has 0 radical (unpaired) electrons. The first kappa shape index (κ1) is 14.3. The largest absolute Gasteiger partial charge is 0.376 e. The standard InChI is InChI=1S/C14H22ClNOS/c1-2-17-13(10-6-4-3-5-7-10)12(16)14-11(15)8-9-18-14/h8-10,12-13H,2-7,16H2,1H3. The first-order chi connectivity index (χ1) is 8.74. The lowest BCUT2D eigenvalue weighted by Gasteiger charge is -2.33. The van der Waals surface area contributed by atoms with Gasteiger partial charge in [-0.2, -0.15) is 0 Å². The Morgan fingerprint density at radius 2 is 2.17 bits per heavy atom. The Hall–Kier alpha value is -0.0900. The van der Waals surface area contributed by atoms with Gasteiger partial charge >= 0.3 is 0 Å². The Kier molecular flexibility index (Phi) is 5.49. The number of rotatable bonds is 5. The summed E-state index contributed by atoms with van der Waals surface area (Å²) in [5.74, 6) is 0.590. The van der Waals surface area contributed by atoms with Crippen molar-refractivity contribution in [2.75, 3.05) is 6.61 Å². The Bertz CT molecular complexity index is 362. The third-order valence-corrected chi connectivity index (χ3v) is 5.23. The molecule has 1 heterocycles. The second-order valence-electron chi connectivity index (χ2n) is 4.98. The SMILES string of the molecule is CCOC(C1CCCCC1)C(N)c1sccc1Cl. The van der Waals surface area contributed by atoms with Gasteiger partial charge in [0.2, 0.25) is 0 Å². The van der Waals surface area contributed by atoms with Crippen LogP contribution in [-0.2, 0) is 4.74 Å². The van der Waals surface area contributed by atoms with Crippen molar-refractivity contribution in [3.63, 3.8) is 0 Å². The maximum atomic E-state index is 6.40. The maximum absolute atomic E-state index is 6.40. The van der Waals surface area contributed by atoms with E-state index < -0.39 is 0 Å². The summed E-state index contributed by atoms with van der Waals surface area (Å²) in [7, 11) is 0. The van der Waals surface area contributed by atoms with Gasteiger partial charge in [0.1, 0.15) is 0 Å². The van der Waals surface area contributed by atoms with Gasteiger partial charge in [-0.1, -0.05) is 30.9 Å². The van der Waals surface area contributed by atoms with E-state index in [1.807, 2.05) is 18.4 Å². The molecule has 4 heteroatoms. The fraction of sp³-hybridized carbons (Fsp3) is 0.714. The molecule has 1 aliphatic carbocycles. The van der Waals surface area contributed by atoms with Crippen LogP contribution in [-0.4, -0.2) is 12.7 Å². The van der Waals surface area contributed by atoms with Crippen molar-refractivity contribution in [2.24, 2.45) is 11.7 Å². The molecule has 0 aromatic carbocycles. The number of hydrogen-bond donors (Lipinski definition) is 1. The van der Waals surface area contributed by atoms with Crippen LogP contribution in [0.1, 0.15) is 49.9 Å².